The first-order valence-corrected chi connectivity index (χ1v) is 5.42. The van der Waals surface area contributed by atoms with Crippen LogP contribution in [0.5, 0.6) is 0 Å². The van der Waals surface area contributed by atoms with Crippen LogP contribution in [0.3, 0.4) is 0 Å². The van der Waals surface area contributed by atoms with Gasteiger partial charge >= 0.3 is 0 Å². The number of aromatic amines is 1. The zero-order valence-electron chi connectivity index (χ0n) is 9.60. The summed E-state index contributed by atoms with van der Waals surface area (Å²) < 4.78 is 0. The maximum Gasteiger partial charge on any atom is 0.247 e. The number of hydrogen-bond acceptors (Lipinski definition) is 2. The molecule has 17 heavy (non-hydrogen) atoms. The van der Waals surface area contributed by atoms with Crippen LogP contribution in [-0.2, 0) is 0 Å². The van der Waals surface area contributed by atoms with E-state index >= 15 is 0 Å². The Labute approximate surface area is 99.8 Å². The predicted octanol–water partition coefficient (Wildman–Crippen LogP) is 2.59. The van der Waals surface area contributed by atoms with Crippen LogP contribution in [0, 0.1) is 0 Å². The van der Waals surface area contributed by atoms with Crippen molar-refractivity contribution in [2.45, 2.75) is 0 Å². The van der Waals surface area contributed by atoms with Crippen molar-refractivity contribution in [3.05, 3.63) is 64.1 Å². The molecule has 1 aromatic heterocycles. The van der Waals surface area contributed by atoms with Crippen molar-refractivity contribution in [1.29, 1.82) is 0 Å². The molecule has 0 bridgehead atoms. The van der Waals surface area contributed by atoms with Crippen LogP contribution < -0.4 is 10.9 Å². The average Bonchev–Trinajstić information content (AvgIpc) is 2.39. The van der Waals surface area contributed by atoms with E-state index < -0.39 is 0 Å². The van der Waals surface area contributed by atoms with Crippen LogP contribution >= 0.6 is 0 Å². The number of pyridine rings is 1. The number of rotatable bonds is 3. The molecule has 0 fully saturated rings. The Morgan fingerprint density at radius 1 is 1.00 bits per heavy atom. The van der Waals surface area contributed by atoms with Crippen molar-refractivity contribution in [2.24, 2.45) is 0 Å². The Kier molecular flexibility index (Phi) is 3.40. The summed E-state index contributed by atoms with van der Waals surface area (Å²) >= 11 is 0. The van der Waals surface area contributed by atoms with Crippen molar-refractivity contribution >= 4 is 17.8 Å². The molecule has 0 amide bonds. The van der Waals surface area contributed by atoms with E-state index in [-0.39, 0.29) is 5.56 Å². The average molecular weight is 226 g/mol. The molecule has 2 aromatic rings. The van der Waals surface area contributed by atoms with E-state index in [9.17, 15) is 4.79 Å². The van der Waals surface area contributed by atoms with Gasteiger partial charge in [0.05, 0.1) is 0 Å². The molecule has 0 unspecified atom stereocenters. The fourth-order valence-electron chi connectivity index (χ4n) is 1.48. The van der Waals surface area contributed by atoms with E-state index in [1.807, 2.05) is 43.5 Å². The molecule has 0 radical (unpaired) electrons. The summed E-state index contributed by atoms with van der Waals surface area (Å²) in [7, 11) is 1.89. The first kappa shape index (κ1) is 11.2. The predicted molar refractivity (Wildman–Crippen MR) is 72.0 cm³/mol. The van der Waals surface area contributed by atoms with E-state index in [2.05, 4.69) is 10.3 Å². The van der Waals surface area contributed by atoms with Gasteiger partial charge in [0.25, 0.3) is 0 Å². The van der Waals surface area contributed by atoms with E-state index in [0.29, 0.717) is 0 Å². The third kappa shape index (κ3) is 3.08. The smallest absolute Gasteiger partial charge is 0.247 e. The van der Waals surface area contributed by atoms with Crippen molar-refractivity contribution in [3.8, 4) is 0 Å². The van der Waals surface area contributed by atoms with Crippen molar-refractivity contribution in [1.82, 2.24) is 4.98 Å². The van der Waals surface area contributed by atoms with Gasteiger partial charge in [-0.05, 0) is 29.3 Å². The van der Waals surface area contributed by atoms with Crippen LogP contribution in [0.1, 0.15) is 11.1 Å². The third-order valence-electron chi connectivity index (χ3n) is 2.48. The summed E-state index contributed by atoms with van der Waals surface area (Å²) in [6, 6.07) is 11.4. The zero-order chi connectivity index (χ0) is 12.1. The number of aromatic nitrogens is 1. The standard InChI is InChI=1S/C14H14N2O/c1-15-13-7-4-11(5-8-13)2-3-12-6-9-14(17)16-10-12/h2-10,15H,1H3,(H,16,17)/b3-2+. The molecule has 0 aliphatic heterocycles. The number of hydrogen-bond donors (Lipinski definition) is 2. The molecular formula is C14H14N2O. The molecule has 2 rings (SSSR count). The van der Waals surface area contributed by atoms with Crippen LogP contribution in [-0.4, -0.2) is 12.0 Å². The molecule has 3 heteroatoms. The monoisotopic (exact) mass is 226 g/mol. The van der Waals surface area contributed by atoms with Crippen LogP contribution in [0.25, 0.3) is 12.2 Å². The van der Waals surface area contributed by atoms with E-state index in [0.717, 1.165) is 16.8 Å². The van der Waals surface area contributed by atoms with E-state index in [1.165, 1.54) is 6.07 Å². The molecule has 0 aliphatic rings. The first-order valence-electron chi connectivity index (χ1n) is 5.42. The quantitative estimate of drug-likeness (QED) is 0.845. The molecule has 1 aromatic carbocycles. The normalized spacial score (nSPS) is 10.6. The SMILES string of the molecule is CNc1ccc(/C=C/c2ccc(=O)[nH]c2)cc1. The van der Waals surface area contributed by atoms with Crippen molar-refractivity contribution < 1.29 is 0 Å². The minimum absolute atomic E-state index is 0.0828. The van der Waals surface area contributed by atoms with Gasteiger partial charge in [0.1, 0.15) is 0 Å². The first-order chi connectivity index (χ1) is 8.28. The van der Waals surface area contributed by atoms with Crippen molar-refractivity contribution in [3.63, 3.8) is 0 Å². The Hall–Kier alpha value is -2.29. The lowest BCUT2D eigenvalue weighted by atomic mass is 10.1. The lowest BCUT2D eigenvalue weighted by molar-refractivity contribution is 1.23. The highest BCUT2D eigenvalue weighted by Crippen LogP contribution is 2.11. The topological polar surface area (TPSA) is 44.9 Å². The fourth-order valence-corrected chi connectivity index (χ4v) is 1.48. The summed E-state index contributed by atoms with van der Waals surface area (Å²) in [4.78, 5) is 13.5. The molecular weight excluding hydrogens is 212 g/mol. The summed E-state index contributed by atoms with van der Waals surface area (Å²) in [6.07, 6.45) is 5.66. The molecule has 0 spiro atoms. The van der Waals surface area contributed by atoms with Gasteiger partial charge in [0, 0.05) is 25.0 Å². The largest absolute Gasteiger partial charge is 0.388 e. The Morgan fingerprint density at radius 2 is 1.65 bits per heavy atom. The van der Waals surface area contributed by atoms with Crippen LogP contribution in [0.15, 0.2) is 47.4 Å². The number of H-pyrrole nitrogens is 1. The summed E-state index contributed by atoms with van der Waals surface area (Å²) in [5.74, 6) is 0. The van der Waals surface area contributed by atoms with Gasteiger partial charge < -0.3 is 10.3 Å². The van der Waals surface area contributed by atoms with Gasteiger partial charge in [0.15, 0.2) is 0 Å². The number of nitrogens with one attached hydrogen (secondary N) is 2. The highest BCUT2D eigenvalue weighted by atomic mass is 16.1. The Bertz CT molecular complexity index is 547. The van der Waals surface area contributed by atoms with Gasteiger partial charge in [0.2, 0.25) is 5.56 Å². The molecule has 2 N–H and O–H groups in total. The van der Waals surface area contributed by atoms with Gasteiger partial charge in [-0.3, -0.25) is 4.79 Å². The molecule has 3 nitrogen and oxygen atoms in total. The maximum atomic E-state index is 10.9. The highest BCUT2D eigenvalue weighted by molar-refractivity contribution is 5.69. The Balaban J connectivity index is 2.14. The van der Waals surface area contributed by atoms with Gasteiger partial charge in [-0.15, -0.1) is 0 Å². The highest BCUT2D eigenvalue weighted by Gasteiger charge is 1.90. The molecule has 0 saturated heterocycles. The maximum absolute atomic E-state index is 10.9. The second-order valence-corrected chi connectivity index (χ2v) is 3.69. The van der Waals surface area contributed by atoms with Crippen LogP contribution in [0.2, 0.25) is 0 Å². The van der Waals surface area contributed by atoms with Gasteiger partial charge in [-0.25, -0.2) is 0 Å². The number of benzene rings is 1. The summed E-state index contributed by atoms with van der Waals surface area (Å²) in [6.45, 7) is 0. The number of anilines is 1. The van der Waals surface area contributed by atoms with E-state index in [1.54, 1.807) is 12.3 Å². The second kappa shape index (κ2) is 5.16. The molecule has 0 saturated carbocycles. The second-order valence-electron chi connectivity index (χ2n) is 3.69. The summed E-state index contributed by atoms with van der Waals surface area (Å²) in [5, 5.41) is 3.07. The van der Waals surface area contributed by atoms with Crippen LogP contribution in [0.4, 0.5) is 5.69 Å². The van der Waals surface area contributed by atoms with E-state index in [4.69, 9.17) is 0 Å². The minimum Gasteiger partial charge on any atom is -0.388 e. The minimum atomic E-state index is -0.0828. The molecule has 0 aliphatic carbocycles. The lowest BCUT2D eigenvalue weighted by Crippen LogP contribution is -2.00. The molecule has 0 atom stereocenters. The zero-order valence-corrected chi connectivity index (χ0v) is 9.60. The van der Waals surface area contributed by atoms with Crippen molar-refractivity contribution in [2.75, 3.05) is 12.4 Å². The van der Waals surface area contributed by atoms with Gasteiger partial charge in [-0.1, -0.05) is 24.3 Å². The fraction of sp³-hybridized carbons (Fsp3) is 0.0714. The summed E-state index contributed by atoms with van der Waals surface area (Å²) in [5.41, 5.74) is 3.10. The van der Waals surface area contributed by atoms with Gasteiger partial charge in [-0.2, -0.15) is 0 Å². The molecule has 86 valence electrons. The third-order valence-corrected chi connectivity index (χ3v) is 2.48. The lowest BCUT2D eigenvalue weighted by Gasteiger charge is -1.99. The molecule has 1 heterocycles. The Morgan fingerprint density at radius 3 is 2.24 bits per heavy atom.